The van der Waals surface area contributed by atoms with Crippen LogP contribution in [0.1, 0.15) is 22.6 Å². The van der Waals surface area contributed by atoms with Crippen LogP contribution in [0, 0.1) is 6.92 Å². The van der Waals surface area contributed by atoms with Crippen LogP contribution in [-0.2, 0) is 14.6 Å². The third-order valence-corrected chi connectivity index (χ3v) is 6.58. The maximum atomic E-state index is 11.9. The first kappa shape index (κ1) is 28.6. The molecule has 198 valence electrons. The van der Waals surface area contributed by atoms with Gasteiger partial charge in [0, 0.05) is 23.9 Å². The fourth-order valence-electron chi connectivity index (χ4n) is 3.15. The lowest BCUT2D eigenvalue weighted by Gasteiger charge is -2.30. The molecular formula is C20H25F3N6O6S. The van der Waals surface area contributed by atoms with Crippen molar-refractivity contribution in [2.75, 3.05) is 29.2 Å². The zero-order valence-electron chi connectivity index (χ0n) is 19.2. The van der Waals surface area contributed by atoms with Gasteiger partial charge in [-0.1, -0.05) is 0 Å². The van der Waals surface area contributed by atoms with Gasteiger partial charge in [0.1, 0.15) is 11.6 Å². The zero-order chi connectivity index (χ0) is 27.3. The van der Waals surface area contributed by atoms with Crippen LogP contribution in [0.2, 0.25) is 0 Å². The van der Waals surface area contributed by atoms with Gasteiger partial charge in [-0.2, -0.15) is 13.2 Å². The third kappa shape index (κ3) is 8.23. The molecule has 12 nitrogen and oxygen atoms in total. The quantitative estimate of drug-likeness (QED) is 0.357. The van der Waals surface area contributed by atoms with Gasteiger partial charge >= 0.3 is 12.1 Å². The number of anilines is 3. The van der Waals surface area contributed by atoms with Crippen LogP contribution < -0.4 is 26.8 Å². The van der Waals surface area contributed by atoms with E-state index in [0.717, 1.165) is 0 Å². The number of halogens is 3. The molecule has 3 rings (SSSR count). The van der Waals surface area contributed by atoms with E-state index in [1.165, 1.54) is 6.20 Å². The number of ether oxygens (including phenoxy) is 1. The predicted octanol–water partition coefficient (Wildman–Crippen LogP) is 1.20. The number of carbonyl (C=O) groups excluding carboxylic acids is 1. The summed E-state index contributed by atoms with van der Waals surface area (Å²) in [6.07, 6.45) is -3.28. The van der Waals surface area contributed by atoms with E-state index in [4.69, 9.17) is 26.1 Å². The number of amides is 1. The summed E-state index contributed by atoms with van der Waals surface area (Å²) in [4.78, 5) is 29.2. The van der Waals surface area contributed by atoms with Crippen molar-refractivity contribution in [3.8, 4) is 5.75 Å². The summed E-state index contributed by atoms with van der Waals surface area (Å²) in [5.41, 5.74) is 13.1. The van der Waals surface area contributed by atoms with Gasteiger partial charge in [-0.05, 0) is 19.4 Å². The summed E-state index contributed by atoms with van der Waals surface area (Å²) < 4.78 is 60.8. The number of nitrogens with two attached hydrogens (primary N) is 2. The maximum absolute atomic E-state index is 11.9. The second-order valence-corrected chi connectivity index (χ2v) is 9.99. The van der Waals surface area contributed by atoms with Crippen LogP contribution in [-0.4, -0.2) is 72.2 Å². The smallest absolute Gasteiger partial charge is 0.490 e. The topological polar surface area (TPSA) is 200 Å². The van der Waals surface area contributed by atoms with Gasteiger partial charge in [-0.3, -0.25) is 4.79 Å². The first-order chi connectivity index (χ1) is 16.6. The second kappa shape index (κ2) is 11.4. The van der Waals surface area contributed by atoms with Crippen molar-refractivity contribution in [1.29, 1.82) is 0 Å². The number of nitrogens with zero attached hydrogens (tertiary/aromatic N) is 2. The number of methoxy groups -OCH3 is 1. The highest BCUT2D eigenvalue weighted by molar-refractivity contribution is 7.91. The molecule has 0 saturated carbocycles. The summed E-state index contributed by atoms with van der Waals surface area (Å²) >= 11 is 0. The number of sulfone groups is 1. The maximum Gasteiger partial charge on any atom is 0.490 e. The Morgan fingerprint density at radius 2 is 1.89 bits per heavy atom. The molecule has 0 aromatic carbocycles. The number of aryl methyl sites for hydroxylation is 1. The molecule has 0 aliphatic carbocycles. The Kier molecular flexibility index (Phi) is 9.04. The minimum absolute atomic E-state index is 0.0263. The Hall–Kier alpha value is -3.66. The number of primary amides is 1. The van der Waals surface area contributed by atoms with Crippen molar-refractivity contribution < 1.29 is 41.0 Å². The monoisotopic (exact) mass is 534 g/mol. The van der Waals surface area contributed by atoms with Crippen LogP contribution in [0.15, 0.2) is 24.4 Å². The summed E-state index contributed by atoms with van der Waals surface area (Å²) in [6.45, 7) is 1.81. The second-order valence-electron chi connectivity index (χ2n) is 7.76. The number of aromatic nitrogens is 2. The number of hydrogen-bond acceptors (Lipinski definition) is 10. The molecule has 1 aliphatic rings. The molecule has 0 spiro atoms. The largest absolute Gasteiger partial charge is 0.497 e. The average Bonchev–Trinajstić information content (AvgIpc) is 2.75. The number of nitrogens with one attached hydrogen (secondary N) is 2. The van der Waals surface area contributed by atoms with Gasteiger partial charge in [-0.15, -0.1) is 0 Å². The molecule has 2 atom stereocenters. The number of hydrogen-bond donors (Lipinski definition) is 5. The lowest BCUT2D eigenvalue weighted by atomic mass is 10.1. The van der Waals surface area contributed by atoms with Gasteiger partial charge < -0.3 is 31.9 Å². The summed E-state index contributed by atoms with van der Waals surface area (Å²) in [6, 6.07) is 4.29. The van der Waals surface area contributed by atoms with Gasteiger partial charge in [-0.25, -0.2) is 23.2 Å². The third-order valence-electron chi connectivity index (χ3n) is 4.85. The van der Waals surface area contributed by atoms with Gasteiger partial charge in [0.15, 0.2) is 15.5 Å². The van der Waals surface area contributed by atoms with Crippen molar-refractivity contribution in [3.63, 3.8) is 0 Å². The molecule has 3 heterocycles. The number of carboxylic acid groups (broad SMARTS) is 1. The lowest BCUT2D eigenvalue weighted by molar-refractivity contribution is -0.192. The molecule has 36 heavy (non-hydrogen) atoms. The van der Waals surface area contributed by atoms with E-state index in [-0.39, 0.29) is 23.2 Å². The molecule has 1 fully saturated rings. The van der Waals surface area contributed by atoms with Crippen LogP contribution in [0.5, 0.6) is 5.75 Å². The minimum atomic E-state index is -5.08. The fourth-order valence-corrected chi connectivity index (χ4v) is 4.83. The van der Waals surface area contributed by atoms with Crippen molar-refractivity contribution in [3.05, 3.63) is 35.8 Å². The Morgan fingerprint density at radius 1 is 1.25 bits per heavy atom. The Balaban J connectivity index is 0.000000572. The summed E-state index contributed by atoms with van der Waals surface area (Å²) in [7, 11) is -1.61. The van der Waals surface area contributed by atoms with E-state index in [2.05, 4.69) is 20.6 Å². The van der Waals surface area contributed by atoms with Gasteiger partial charge in [0.05, 0.1) is 42.2 Å². The highest BCUT2D eigenvalue weighted by atomic mass is 32.2. The Bertz CT molecular complexity index is 1220. The molecular weight excluding hydrogens is 509 g/mol. The minimum Gasteiger partial charge on any atom is -0.497 e. The molecule has 7 N–H and O–H groups in total. The van der Waals surface area contributed by atoms with E-state index in [1.807, 2.05) is 6.92 Å². The number of pyridine rings is 2. The number of carboxylic acids is 1. The van der Waals surface area contributed by atoms with Crippen molar-refractivity contribution in [1.82, 2.24) is 9.97 Å². The van der Waals surface area contributed by atoms with E-state index in [1.54, 1.807) is 25.3 Å². The van der Waals surface area contributed by atoms with Gasteiger partial charge in [0.2, 0.25) is 0 Å². The number of carbonyl (C=O) groups is 2. The molecule has 0 unspecified atom stereocenters. The number of alkyl halides is 3. The molecule has 0 radical (unpaired) electrons. The zero-order valence-corrected chi connectivity index (χ0v) is 20.0. The first-order valence-electron chi connectivity index (χ1n) is 10.2. The molecule has 1 amide bonds. The van der Waals surface area contributed by atoms with E-state index < -0.39 is 33.9 Å². The molecule has 1 saturated heterocycles. The summed E-state index contributed by atoms with van der Waals surface area (Å²) in [5.74, 6) is -2.41. The van der Waals surface area contributed by atoms with E-state index >= 15 is 0 Å². The highest BCUT2D eigenvalue weighted by Crippen LogP contribution is 2.26. The Morgan fingerprint density at radius 3 is 2.44 bits per heavy atom. The Labute approximate surface area is 204 Å². The van der Waals surface area contributed by atoms with Crippen LogP contribution in [0.25, 0.3) is 0 Å². The van der Waals surface area contributed by atoms with Crippen LogP contribution in [0.4, 0.5) is 30.4 Å². The van der Waals surface area contributed by atoms with Crippen molar-refractivity contribution in [2.24, 2.45) is 11.5 Å². The normalized spacial score (nSPS) is 18.8. The van der Waals surface area contributed by atoms with E-state index in [0.29, 0.717) is 35.1 Å². The van der Waals surface area contributed by atoms with Crippen molar-refractivity contribution in [2.45, 2.75) is 31.6 Å². The highest BCUT2D eigenvalue weighted by Gasteiger charge is 2.38. The van der Waals surface area contributed by atoms with Crippen molar-refractivity contribution >= 4 is 38.9 Å². The molecule has 2 aromatic heterocycles. The molecule has 0 bridgehead atoms. The number of rotatable bonds is 6. The summed E-state index contributed by atoms with van der Waals surface area (Å²) in [5, 5.41) is 13.3. The molecule has 16 heteroatoms. The van der Waals surface area contributed by atoms with E-state index in [9.17, 15) is 26.4 Å². The first-order valence-corrected chi connectivity index (χ1v) is 12.1. The van der Waals surface area contributed by atoms with Gasteiger partial charge in [0.25, 0.3) is 5.91 Å². The number of aliphatic carboxylic acids is 1. The lowest BCUT2D eigenvalue weighted by Crippen LogP contribution is -2.50. The average molecular weight is 535 g/mol. The standard InChI is InChI=1S/C18H24N6O4S.C2HF3O2/c1-10-5-12(28-2)7-16(22-10)24-14-6-11(8-21-17(14)18(20)25)23-15-9-29(26,27)4-3-13(15)19;3-2(4,5)1(6)7/h5-8,13,15,23H,3-4,9,19H2,1-2H3,(H2,20,25)(H,22,24);(H,6,7)/t13-,15+;/m1./s1. The fraction of sp³-hybridized carbons (Fsp3) is 0.400. The molecule has 1 aliphatic heterocycles. The SMILES string of the molecule is COc1cc(C)nc(Nc2cc(N[C@H]3CS(=O)(=O)CC[C@H]3N)cnc2C(N)=O)c1.O=C(O)C(F)(F)F. The molecule has 2 aromatic rings. The predicted molar refractivity (Wildman–Crippen MR) is 124 cm³/mol. The van der Waals surface area contributed by atoms with Crippen LogP contribution in [0.3, 0.4) is 0 Å². The van der Waals surface area contributed by atoms with Crippen LogP contribution >= 0.6 is 0 Å².